The fourth-order valence-electron chi connectivity index (χ4n) is 2.12. The molecule has 0 spiro atoms. The first-order valence-corrected chi connectivity index (χ1v) is 6.02. The number of hydrogen-bond acceptors (Lipinski definition) is 1. The molecule has 1 heteroatoms. The van der Waals surface area contributed by atoms with E-state index in [1.165, 1.54) is 51.5 Å². The van der Waals surface area contributed by atoms with Crippen LogP contribution >= 0.6 is 0 Å². The highest BCUT2D eigenvalue weighted by Crippen LogP contribution is 2.17. The van der Waals surface area contributed by atoms with Gasteiger partial charge in [-0.1, -0.05) is 48.0 Å². The third kappa shape index (κ3) is 8.92. The van der Waals surface area contributed by atoms with Crippen molar-refractivity contribution >= 4 is 0 Å². The minimum absolute atomic E-state index is 0. The molecule has 1 aliphatic rings. The predicted octanol–water partition coefficient (Wildman–Crippen LogP) is 4.62. The van der Waals surface area contributed by atoms with E-state index in [2.05, 4.69) is 19.2 Å². The van der Waals surface area contributed by atoms with Crippen molar-refractivity contribution in [3.8, 4) is 0 Å². The molecule has 0 atom stereocenters. The monoisotopic (exact) mass is 215 g/mol. The SMILES string of the molecule is C.C.CC(C)CCCNC1CCCCC1. The Hall–Kier alpha value is -0.0400. The molecule has 0 heterocycles. The standard InChI is InChI=1S/C12H25N.2CH4/c1-11(2)7-6-10-13-12-8-4-3-5-9-12;;/h11-13H,3-10H2,1-2H3;2*1H4. The van der Waals surface area contributed by atoms with E-state index in [0.717, 1.165) is 12.0 Å². The third-order valence-corrected chi connectivity index (χ3v) is 3.00. The first-order valence-electron chi connectivity index (χ1n) is 6.02. The molecule has 0 saturated heterocycles. The van der Waals surface area contributed by atoms with E-state index in [0.29, 0.717) is 0 Å². The molecule has 0 bridgehead atoms. The van der Waals surface area contributed by atoms with Gasteiger partial charge in [0.2, 0.25) is 0 Å². The molecule has 1 fully saturated rings. The van der Waals surface area contributed by atoms with Gasteiger partial charge in [0, 0.05) is 6.04 Å². The van der Waals surface area contributed by atoms with Gasteiger partial charge >= 0.3 is 0 Å². The van der Waals surface area contributed by atoms with Crippen molar-refractivity contribution in [3.63, 3.8) is 0 Å². The highest BCUT2D eigenvalue weighted by molar-refractivity contribution is 4.71. The van der Waals surface area contributed by atoms with Gasteiger partial charge in [-0.3, -0.25) is 0 Å². The Morgan fingerprint density at radius 1 is 1.07 bits per heavy atom. The summed E-state index contributed by atoms with van der Waals surface area (Å²) in [5, 5.41) is 3.68. The smallest absolute Gasteiger partial charge is 0.00670 e. The van der Waals surface area contributed by atoms with Gasteiger partial charge in [-0.2, -0.15) is 0 Å². The molecule has 0 amide bonds. The fraction of sp³-hybridized carbons (Fsp3) is 1.00. The van der Waals surface area contributed by atoms with Gasteiger partial charge in [0.25, 0.3) is 0 Å². The summed E-state index contributed by atoms with van der Waals surface area (Å²) in [6.07, 6.45) is 9.92. The van der Waals surface area contributed by atoms with E-state index in [4.69, 9.17) is 0 Å². The number of hydrogen-bond donors (Lipinski definition) is 1. The highest BCUT2D eigenvalue weighted by atomic mass is 14.9. The van der Waals surface area contributed by atoms with Crippen molar-refractivity contribution in [2.75, 3.05) is 6.54 Å². The molecule has 1 N–H and O–H groups in total. The maximum absolute atomic E-state index is 3.68. The van der Waals surface area contributed by atoms with Crippen LogP contribution in [0.2, 0.25) is 0 Å². The van der Waals surface area contributed by atoms with Gasteiger partial charge < -0.3 is 5.32 Å². The average molecular weight is 215 g/mol. The van der Waals surface area contributed by atoms with Crippen LogP contribution in [0.4, 0.5) is 0 Å². The summed E-state index contributed by atoms with van der Waals surface area (Å²) in [5.41, 5.74) is 0. The van der Waals surface area contributed by atoms with Crippen molar-refractivity contribution in [3.05, 3.63) is 0 Å². The van der Waals surface area contributed by atoms with Gasteiger partial charge in [0.1, 0.15) is 0 Å². The lowest BCUT2D eigenvalue weighted by Gasteiger charge is -2.22. The lowest BCUT2D eigenvalue weighted by Crippen LogP contribution is -2.31. The number of nitrogens with one attached hydrogen (secondary N) is 1. The van der Waals surface area contributed by atoms with E-state index in [1.54, 1.807) is 0 Å². The van der Waals surface area contributed by atoms with Crippen LogP contribution in [0, 0.1) is 5.92 Å². The van der Waals surface area contributed by atoms with Crippen molar-refractivity contribution in [2.45, 2.75) is 79.7 Å². The molecule has 15 heavy (non-hydrogen) atoms. The topological polar surface area (TPSA) is 12.0 Å². The van der Waals surface area contributed by atoms with Gasteiger partial charge in [-0.25, -0.2) is 0 Å². The summed E-state index contributed by atoms with van der Waals surface area (Å²) in [4.78, 5) is 0. The summed E-state index contributed by atoms with van der Waals surface area (Å²) in [7, 11) is 0. The minimum Gasteiger partial charge on any atom is -0.314 e. The Morgan fingerprint density at radius 3 is 2.20 bits per heavy atom. The van der Waals surface area contributed by atoms with E-state index < -0.39 is 0 Å². The quantitative estimate of drug-likeness (QED) is 0.660. The zero-order valence-corrected chi connectivity index (χ0v) is 9.31. The molecule has 0 aromatic rings. The van der Waals surface area contributed by atoms with Crippen LogP contribution < -0.4 is 5.32 Å². The first kappa shape index (κ1) is 17.4. The Bertz CT molecular complexity index is 115. The Morgan fingerprint density at radius 2 is 1.67 bits per heavy atom. The lowest BCUT2D eigenvalue weighted by molar-refractivity contribution is 0.366. The second-order valence-electron chi connectivity index (χ2n) is 4.83. The van der Waals surface area contributed by atoms with E-state index in [-0.39, 0.29) is 14.9 Å². The summed E-state index contributed by atoms with van der Waals surface area (Å²) < 4.78 is 0. The van der Waals surface area contributed by atoms with Gasteiger partial charge in [-0.15, -0.1) is 0 Å². The molecule has 1 saturated carbocycles. The maximum Gasteiger partial charge on any atom is 0.00670 e. The highest BCUT2D eigenvalue weighted by Gasteiger charge is 2.11. The van der Waals surface area contributed by atoms with Crippen molar-refractivity contribution in [1.82, 2.24) is 5.32 Å². The lowest BCUT2D eigenvalue weighted by atomic mass is 9.95. The summed E-state index contributed by atoms with van der Waals surface area (Å²) in [5.74, 6) is 0.869. The molecular weight excluding hydrogens is 182 g/mol. The first-order chi connectivity index (χ1) is 6.29. The summed E-state index contributed by atoms with van der Waals surface area (Å²) in [6.45, 7) is 5.85. The van der Waals surface area contributed by atoms with Gasteiger partial charge in [0.05, 0.1) is 0 Å². The summed E-state index contributed by atoms with van der Waals surface area (Å²) >= 11 is 0. The zero-order valence-electron chi connectivity index (χ0n) is 9.31. The van der Waals surface area contributed by atoms with E-state index in [1.807, 2.05) is 0 Å². The molecule has 94 valence electrons. The largest absolute Gasteiger partial charge is 0.314 e. The third-order valence-electron chi connectivity index (χ3n) is 3.00. The van der Waals surface area contributed by atoms with Crippen LogP contribution in [0.5, 0.6) is 0 Å². The predicted molar refractivity (Wildman–Crippen MR) is 72.4 cm³/mol. The minimum atomic E-state index is 0. The second kappa shape index (κ2) is 10.5. The average Bonchev–Trinajstić information content (AvgIpc) is 2.14. The van der Waals surface area contributed by atoms with Crippen LogP contribution in [0.3, 0.4) is 0 Å². The van der Waals surface area contributed by atoms with Crippen LogP contribution in [-0.4, -0.2) is 12.6 Å². The molecule has 0 aromatic carbocycles. The van der Waals surface area contributed by atoms with Crippen LogP contribution in [0.25, 0.3) is 0 Å². The molecule has 1 rings (SSSR count). The van der Waals surface area contributed by atoms with Crippen LogP contribution in [0.1, 0.15) is 73.6 Å². The van der Waals surface area contributed by atoms with Gasteiger partial charge in [-0.05, 0) is 38.1 Å². The number of rotatable bonds is 5. The molecule has 0 unspecified atom stereocenters. The molecular formula is C14H33N. The molecule has 0 radical (unpaired) electrons. The van der Waals surface area contributed by atoms with E-state index >= 15 is 0 Å². The molecule has 0 aromatic heterocycles. The Labute approximate surface area is 98.0 Å². The van der Waals surface area contributed by atoms with Crippen molar-refractivity contribution < 1.29 is 0 Å². The zero-order chi connectivity index (χ0) is 9.52. The Balaban J connectivity index is 0. The maximum atomic E-state index is 3.68. The molecule has 1 aliphatic carbocycles. The van der Waals surface area contributed by atoms with Crippen molar-refractivity contribution in [2.24, 2.45) is 5.92 Å². The van der Waals surface area contributed by atoms with Crippen LogP contribution in [0.15, 0.2) is 0 Å². The normalized spacial score (nSPS) is 17.0. The molecule has 1 nitrogen and oxygen atoms in total. The second-order valence-corrected chi connectivity index (χ2v) is 4.83. The fourth-order valence-corrected chi connectivity index (χ4v) is 2.12. The molecule has 0 aliphatic heterocycles. The van der Waals surface area contributed by atoms with Gasteiger partial charge in [0.15, 0.2) is 0 Å². The van der Waals surface area contributed by atoms with Crippen LogP contribution in [-0.2, 0) is 0 Å². The summed E-state index contributed by atoms with van der Waals surface area (Å²) in [6, 6.07) is 0.848. The van der Waals surface area contributed by atoms with E-state index in [9.17, 15) is 0 Å². The van der Waals surface area contributed by atoms with Crippen molar-refractivity contribution in [1.29, 1.82) is 0 Å². The Kier molecular flexibility index (Phi) is 12.1.